The molecule has 23 heavy (non-hydrogen) atoms. The van der Waals surface area contributed by atoms with Crippen molar-refractivity contribution in [3.05, 3.63) is 53.7 Å². The molecule has 6 heteroatoms. The number of hydrogen-bond donors (Lipinski definition) is 2. The zero-order chi connectivity index (χ0) is 16.7. The summed E-state index contributed by atoms with van der Waals surface area (Å²) in [7, 11) is 0. The number of anilines is 2. The molecule has 0 saturated heterocycles. The van der Waals surface area contributed by atoms with E-state index in [9.17, 15) is 13.6 Å². The van der Waals surface area contributed by atoms with E-state index in [1.54, 1.807) is 6.07 Å². The van der Waals surface area contributed by atoms with Crippen LogP contribution in [-0.2, 0) is 0 Å². The van der Waals surface area contributed by atoms with E-state index in [1.165, 1.54) is 18.3 Å². The van der Waals surface area contributed by atoms with Gasteiger partial charge in [0.2, 0.25) is 0 Å². The average Bonchev–Trinajstić information content (AvgIpc) is 2.55. The fourth-order valence-corrected chi connectivity index (χ4v) is 2.03. The maximum atomic E-state index is 13.6. The third-order valence-corrected chi connectivity index (χ3v) is 3.31. The van der Waals surface area contributed by atoms with Crippen LogP contribution in [0, 0.1) is 11.6 Å². The van der Waals surface area contributed by atoms with Crippen molar-refractivity contribution in [2.75, 3.05) is 11.9 Å². The number of pyridine rings is 1. The highest BCUT2D eigenvalue weighted by molar-refractivity contribution is 5.94. The number of carbonyl (C=O) groups excluding carboxylic acids is 1. The van der Waals surface area contributed by atoms with Crippen LogP contribution < -0.4 is 10.6 Å². The van der Waals surface area contributed by atoms with E-state index in [-0.39, 0.29) is 17.4 Å². The smallest absolute Gasteiger partial charge is 0.252 e. The standard InChI is InChI=1S/C17H19F2N3O/c1-2-3-4-10-20-17(23)12-8-9-15(21-11-12)22-16-13(18)6-5-7-14(16)19/h5-9,11H,2-4,10H2,1H3,(H,20,23)(H,21,22). The molecule has 0 aliphatic carbocycles. The number of nitrogens with one attached hydrogen (secondary N) is 2. The van der Waals surface area contributed by atoms with Crippen LogP contribution in [0.3, 0.4) is 0 Å². The second-order valence-corrected chi connectivity index (χ2v) is 5.12. The summed E-state index contributed by atoms with van der Waals surface area (Å²) in [6.45, 7) is 2.71. The number of carbonyl (C=O) groups is 1. The van der Waals surface area contributed by atoms with E-state index >= 15 is 0 Å². The minimum Gasteiger partial charge on any atom is -0.352 e. The van der Waals surface area contributed by atoms with Crippen LogP contribution in [0.4, 0.5) is 20.3 Å². The summed E-state index contributed by atoms with van der Waals surface area (Å²) < 4.78 is 27.1. The fraction of sp³-hybridized carbons (Fsp3) is 0.294. The Balaban J connectivity index is 1.98. The van der Waals surface area contributed by atoms with Crippen LogP contribution >= 0.6 is 0 Å². The highest BCUT2D eigenvalue weighted by atomic mass is 19.1. The molecule has 1 aromatic heterocycles. The van der Waals surface area contributed by atoms with E-state index in [0.29, 0.717) is 12.1 Å². The number of rotatable bonds is 7. The molecular formula is C17H19F2N3O. The summed E-state index contributed by atoms with van der Waals surface area (Å²) in [6, 6.07) is 6.67. The van der Waals surface area contributed by atoms with Crippen molar-refractivity contribution in [2.45, 2.75) is 26.2 Å². The average molecular weight is 319 g/mol. The van der Waals surface area contributed by atoms with Crippen molar-refractivity contribution in [1.29, 1.82) is 0 Å². The van der Waals surface area contributed by atoms with Crippen LogP contribution in [0.5, 0.6) is 0 Å². The number of nitrogens with zero attached hydrogens (tertiary/aromatic N) is 1. The Kier molecular flexibility index (Phi) is 6.02. The van der Waals surface area contributed by atoms with Gasteiger partial charge < -0.3 is 10.6 Å². The molecular weight excluding hydrogens is 300 g/mol. The highest BCUT2D eigenvalue weighted by Gasteiger charge is 2.10. The predicted octanol–water partition coefficient (Wildman–Crippen LogP) is 4.02. The summed E-state index contributed by atoms with van der Waals surface area (Å²) in [5.74, 6) is -1.36. The van der Waals surface area contributed by atoms with E-state index in [4.69, 9.17) is 0 Å². The van der Waals surface area contributed by atoms with Crippen LogP contribution in [-0.4, -0.2) is 17.4 Å². The van der Waals surface area contributed by atoms with Gasteiger partial charge in [0.05, 0.1) is 5.56 Å². The lowest BCUT2D eigenvalue weighted by Gasteiger charge is -2.09. The first-order valence-corrected chi connectivity index (χ1v) is 7.57. The molecule has 0 radical (unpaired) electrons. The van der Waals surface area contributed by atoms with E-state index in [2.05, 4.69) is 22.5 Å². The Morgan fingerprint density at radius 3 is 2.48 bits per heavy atom. The molecule has 0 atom stereocenters. The SMILES string of the molecule is CCCCCNC(=O)c1ccc(Nc2c(F)cccc2F)nc1. The third-order valence-electron chi connectivity index (χ3n) is 3.31. The first-order chi connectivity index (χ1) is 11.1. The quantitative estimate of drug-likeness (QED) is 0.758. The number of halogens is 2. The number of unbranched alkanes of at least 4 members (excludes halogenated alkanes) is 2. The molecule has 0 saturated carbocycles. The first kappa shape index (κ1) is 16.9. The Hall–Kier alpha value is -2.50. The zero-order valence-corrected chi connectivity index (χ0v) is 12.9. The zero-order valence-electron chi connectivity index (χ0n) is 12.9. The van der Waals surface area contributed by atoms with Crippen molar-refractivity contribution >= 4 is 17.4 Å². The molecule has 1 amide bonds. The number of hydrogen-bond acceptors (Lipinski definition) is 3. The summed E-state index contributed by atoms with van der Waals surface area (Å²) in [5.41, 5.74) is 0.137. The molecule has 0 aliphatic rings. The molecule has 0 aliphatic heterocycles. The van der Waals surface area contributed by atoms with E-state index in [0.717, 1.165) is 31.4 Å². The molecule has 2 rings (SSSR count). The minimum absolute atomic E-state index is 0.211. The van der Waals surface area contributed by atoms with E-state index in [1.807, 2.05) is 0 Å². The van der Waals surface area contributed by atoms with Gasteiger partial charge in [-0.1, -0.05) is 25.8 Å². The van der Waals surface area contributed by atoms with Gasteiger partial charge in [-0.05, 0) is 30.7 Å². The van der Waals surface area contributed by atoms with Crippen molar-refractivity contribution in [1.82, 2.24) is 10.3 Å². The van der Waals surface area contributed by atoms with Gasteiger partial charge in [-0.25, -0.2) is 13.8 Å². The normalized spacial score (nSPS) is 10.4. The summed E-state index contributed by atoms with van der Waals surface area (Å²) in [6.07, 6.45) is 4.46. The number of benzene rings is 1. The molecule has 4 nitrogen and oxygen atoms in total. The third kappa shape index (κ3) is 4.74. The van der Waals surface area contributed by atoms with Gasteiger partial charge in [0, 0.05) is 12.7 Å². The highest BCUT2D eigenvalue weighted by Crippen LogP contribution is 2.21. The van der Waals surface area contributed by atoms with Crippen molar-refractivity contribution in [2.24, 2.45) is 0 Å². The second-order valence-electron chi connectivity index (χ2n) is 5.12. The molecule has 1 heterocycles. The minimum atomic E-state index is -0.704. The topological polar surface area (TPSA) is 54.0 Å². The molecule has 2 N–H and O–H groups in total. The molecule has 0 fully saturated rings. The molecule has 2 aromatic rings. The van der Waals surface area contributed by atoms with Gasteiger partial charge in [-0.2, -0.15) is 0 Å². The van der Waals surface area contributed by atoms with Gasteiger partial charge in [0.1, 0.15) is 23.1 Å². The first-order valence-electron chi connectivity index (χ1n) is 7.57. The number of amides is 1. The molecule has 0 bridgehead atoms. The predicted molar refractivity (Wildman–Crippen MR) is 85.7 cm³/mol. The summed E-state index contributed by atoms with van der Waals surface area (Å²) in [5, 5.41) is 5.38. The lowest BCUT2D eigenvalue weighted by atomic mass is 10.2. The maximum Gasteiger partial charge on any atom is 0.252 e. The fourth-order valence-electron chi connectivity index (χ4n) is 2.03. The van der Waals surface area contributed by atoms with Crippen molar-refractivity contribution in [3.8, 4) is 0 Å². The van der Waals surface area contributed by atoms with Crippen molar-refractivity contribution in [3.63, 3.8) is 0 Å². The Bertz CT molecular complexity index is 639. The molecule has 1 aromatic carbocycles. The Morgan fingerprint density at radius 1 is 1.13 bits per heavy atom. The molecule has 0 spiro atoms. The lowest BCUT2D eigenvalue weighted by molar-refractivity contribution is 0.0952. The van der Waals surface area contributed by atoms with Crippen LogP contribution in [0.2, 0.25) is 0 Å². The van der Waals surface area contributed by atoms with Gasteiger partial charge in [0.15, 0.2) is 0 Å². The monoisotopic (exact) mass is 319 g/mol. The number of para-hydroxylation sites is 1. The molecule has 0 unspecified atom stereocenters. The lowest BCUT2D eigenvalue weighted by Crippen LogP contribution is -2.24. The summed E-state index contributed by atoms with van der Waals surface area (Å²) in [4.78, 5) is 15.9. The van der Waals surface area contributed by atoms with Gasteiger partial charge >= 0.3 is 0 Å². The van der Waals surface area contributed by atoms with Crippen molar-refractivity contribution < 1.29 is 13.6 Å². The number of aromatic nitrogens is 1. The van der Waals surface area contributed by atoms with Crippen LogP contribution in [0.1, 0.15) is 36.5 Å². The Labute approximate surface area is 133 Å². The summed E-state index contributed by atoms with van der Waals surface area (Å²) >= 11 is 0. The van der Waals surface area contributed by atoms with Gasteiger partial charge in [0.25, 0.3) is 5.91 Å². The largest absolute Gasteiger partial charge is 0.352 e. The van der Waals surface area contributed by atoms with Gasteiger partial charge in [-0.3, -0.25) is 4.79 Å². The van der Waals surface area contributed by atoms with Crippen LogP contribution in [0.25, 0.3) is 0 Å². The molecule has 122 valence electrons. The van der Waals surface area contributed by atoms with Crippen LogP contribution in [0.15, 0.2) is 36.5 Å². The Morgan fingerprint density at radius 2 is 1.87 bits per heavy atom. The maximum absolute atomic E-state index is 13.6. The second kappa shape index (κ2) is 8.22. The van der Waals surface area contributed by atoms with Gasteiger partial charge in [-0.15, -0.1) is 0 Å². The van der Waals surface area contributed by atoms with E-state index < -0.39 is 11.6 Å².